The molecule has 22 heavy (non-hydrogen) atoms. The first-order valence-electron chi connectivity index (χ1n) is 7.76. The largest absolute Gasteiger partial charge is 0.465 e. The second-order valence-electron chi connectivity index (χ2n) is 7.45. The normalized spacial score (nSPS) is 14.9. The predicted molar refractivity (Wildman–Crippen MR) is 86.7 cm³/mol. The first-order chi connectivity index (χ1) is 9.86. The topological polar surface area (TPSA) is 76.7 Å². The predicted octanol–water partition coefficient (Wildman–Crippen LogP) is 2.47. The van der Waals surface area contributed by atoms with Gasteiger partial charge in [-0.2, -0.15) is 0 Å². The zero-order valence-corrected chi connectivity index (χ0v) is 15.2. The van der Waals surface area contributed by atoms with E-state index < -0.39 is 17.7 Å². The molecule has 1 amide bonds. The average Bonchev–Trinajstić information content (AvgIpc) is 2.30. The van der Waals surface area contributed by atoms with Crippen molar-refractivity contribution in [3.8, 4) is 0 Å². The van der Waals surface area contributed by atoms with Crippen molar-refractivity contribution in [3.05, 3.63) is 0 Å². The molecule has 2 N–H and O–H groups in total. The zero-order chi connectivity index (χ0) is 17.6. The molecule has 0 bridgehead atoms. The standard InChI is InChI=1S/C16H32N2O4/c1-9-21-13(19)11(2)17-10-12(15(3,4)5)18-14(20)22-16(6,7)8/h11-12,17H,9-10H2,1-8H3,(H,18,20). The van der Waals surface area contributed by atoms with Gasteiger partial charge in [-0.3, -0.25) is 4.79 Å². The van der Waals surface area contributed by atoms with Crippen LogP contribution in [0.25, 0.3) is 0 Å². The smallest absolute Gasteiger partial charge is 0.407 e. The molecule has 0 aromatic heterocycles. The SMILES string of the molecule is CCOC(=O)C(C)NCC(NC(=O)OC(C)(C)C)C(C)(C)C. The van der Waals surface area contributed by atoms with Crippen LogP contribution in [0.15, 0.2) is 0 Å². The average molecular weight is 316 g/mol. The molecule has 0 aromatic rings. The molecule has 130 valence electrons. The molecule has 0 aliphatic rings. The Labute approximate surface area is 134 Å². The maximum absolute atomic E-state index is 11.9. The number of nitrogens with one attached hydrogen (secondary N) is 2. The van der Waals surface area contributed by atoms with Crippen LogP contribution in [0, 0.1) is 5.41 Å². The molecule has 2 atom stereocenters. The van der Waals surface area contributed by atoms with Crippen molar-refractivity contribution in [1.29, 1.82) is 0 Å². The Hall–Kier alpha value is -1.30. The van der Waals surface area contributed by atoms with Crippen molar-refractivity contribution in [3.63, 3.8) is 0 Å². The van der Waals surface area contributed by atoms with E-state index in [-0.39, 0.29) is 17.4 Å². The third kappa shape index (κ3) is 8.87. The Balaban J connectivity index is 4.61. The molecule has 6 heteroatoms. The van der Waals surface area contributed by atoms with E-state index in [9.17, 15) is 9.59 Å². The van der Waals surface area contributed by atoms with Crippen molar-refractivity contribution in [2.45, 2.75) is 73.1 Å². The molecule has 0 aliphatic carbocycles. The van der Waals surface area contributed by atoms with Crippen LogP contribution in [-0.4, -0.2) is 42.9 Å². The minimum atomic E-state index is -0.543. The van der Waals surface area contributed by atoms with Crippen molar-refractivity contribution in [2.75, 3.05) is 13.2 Å². The highest BCUT2D eigenvalue weighted by Crippen LogP contribution is 2.19. The Bertz CT molecular complexity index is 369. The summed E-state index contributed by atoms with van der Waals surface area (Å²) in [6.07, 6.45) is -0.460. The number of esters is 1. The molecule has 0 aromatic carbocycles. The van der Waals surface area contributed by atoms with E-state index >= 15 is 0 Å². The molecule has 2 unspecified atom stereocenters. The number of ether oxygens (including phenoxy) is 2. The Morgan fingerprint density at radius 2 is 1.64 bits per heavy atom. The number of rotatable bonds is 6. The first kappa shape index (κ1) is 20.7. The van der Waals surface area contributed by atoms with Crippen LogP contribution in [0.2, 0.25) is 0 Å². The summed E-state index contributed by atoms with van der Waals surface area (Å²) in [6, 6.07) is -0.607. The van der Waals surface area contributed by atoms with E-state index in [1.807, 2.05) is 41.5 Å². The van der Waals surface area contributed by atoms with Gasteiger partial charge < -0.3 is 20.1 Å². The number of amides is 1. The molecule has 0 radical (unpaired) electrons. The lowest BCUT2D eigenvalue weighted by Gasteiger charge is -2.33. The van der Waals surface area contributed by atoms with Crippen LogP contribution >= 0.6 is 0 Å². The van der Waals surface area contributed by atoms with Crippen LogP contribution in [0.3, 0.4) is 0 Å². The lowest BCUT2D eigenvalue weighted by Crippen LogP contribution is -2.53. The van der Waals surface area contributed by atoms with Crippen molar-refractivity contribution >= 4 is 12.1 Å². The van der Waals surface area contributed by atoms with Gasteiger partial charge in [-0.05, 0) is 40.0 Å². The number of hydrogen-bond donors (Lipinski definition) is 2. The molecular weight excluding hydrogens is 284 g/mol. The van der Waals surface area contributed by atoms with Gasteiger partial charge >= 0.3 is 12.1 Å². The van der Waals surface area contributed by atoms with Gasteiger partial charge in [-0.15, -0.1) is 0 Å². The molecule has 0 aliphatic heterocycles. The number of alkyl carbamates (subject to hydrolysis) is 1. The van der Waals surface area contributed by atoms with Crippen molar-refractivity contribution in [1.82, 2.24) is 10.6 Å². The maximum atomic E-state index is 11.9. The van der Waals surface area contributed by atoms with E-state index in [4.69, 9.17) is 9.47 Å². The lowest BCUT2D eigenvalue weighted by atomic mass is 9.86. The number of carbonyl (C=O) groups is 2. The fraction of sp³-hybridized carbons (Fsp3) is 0.875. The molecule has 0 heterocycles. The van der Waals surface area contributed by atoms with E-state index in [0.717, 1.165) is 0 Å². The van der Waals surface area contributed by atoms with Gasteiger partial charge in [0, 0.05) is 12.6 Å². The lowest BCUT2D eigenvalue weighted by molar-refractivity contribution is -0.145. The van der Waals surface area contributed by atoms with E-state index in [1.54, 1.807) is 13.8 Å². The molecule has 0 spiro atoms. The minimum absolute atomic E-state index is 0.181. The van der Waals surface area contributed by atoms with Gasteiger partial charge in [0.1, 0.15) is 11.6 Å². The molecule has 0 rings (SSSR count). The van der Waals surface area contributed by atoms with Gasteiger partial charge in [0.2, 0.25) is 0 Å². The van der Waals surface area contributed by atoms with Crippen LogP contribution in [0.5, 0.6) is 0 Å². The maximum Gasteiger partial charge on any atom is 0.407 e. The molecule has 0 saturated heterocycles. The van der Waals surface area contributed by atoms with Crippen molar-refractivity contribution < 1.29 is 19.1 Å². The summed E-state index contributed by atoms with van der Waals surface area (Å²) in [6.45, 7) is 15.8. The van der Waals surface area contributed by atoms with E-state index in [1.165, 1.54) is 0 Å². The molecule has 0 fully saturated rings. The van der Waals surface area contributed by atoms with Gasteiger partial charge in [0.15, 0.2) is 0 Å². The highest BCUT2D eigenvalue weighted by atomic mass is 16.6. The Kier molecular flexibility index (Phi) is 7.87. The summed E-state index contributed by atoms with van der Waals surface area (Å²) in [5.41, 5.74) is -0.726. The minimum Gasteiger partial charge on any atom is -0.465 e. The molecular formula is C16H32N2O4. The van der Waals surface area contributed by atoms with Gasteiger partial charge in [-0.25, -0.2) is 4.79 Å². The van der Waals surface area contributed by atoms with Gasteiger partial charge in [-0.1, -0.05) is 20.8 Å². The Morgan fingerprint density at radius 1 is 1.09 bits per heavy atom. The summed E-state index contributed by atoms with van der Waals surface area (Å²) < 4.78 is 10.2. The third-order valence-corrected chi connectivity index (χ3v) is 3.00. The van der Waals surface area contributed by atoms with Crippen molar-refractivity contribution in [2.24, 2.45) is 5.41 Å². The second-order valence-corrected chi connectivity index (χ2v) is 7.45. The summed E-state index contributed by atoms with van der Waals surface area (Å²) in [5, 5.41) is 5.96. The van der Waals surface area contributed by atoms with Crippen LogP contribution in [0.4, 0.5) is 4.79 Å². The molecule has 6 nitrogen and oxygen atoms in total. The van der Waals surface area contributed by atoms with Crippen LogP contribution in [0.1, 0.15) is 55.4 Å². The fourth-order valence-electron chi connectivity index (χ4n) is 1.67. The first-order valence-corrected chi connectivity index (χ1v) is 7.76. The second kappa shape index (κ2) is 8.36. The summed E-state index contributed by atoms with van der Waals surface area (Å²) in [4.78, 5) is 23.6. The zero-order valence-electron chi connectivity index (χ0n) is 15.2. The van der Waals surface area contributed by atoms with E-state index in [2.05, 4.69) is 10.6 Å². The Morgan fingerprint density at radius 3 is 2.05 bits per heavy atom. The molecule has 0 saturated carbocycles. The summed E-state index contributed by atoms with van der Waals surface area (Å²) >= 11 is 0. The summed E-state index contributed by atoms with van der Waals surface area (Å²) in [5.74, 6) is -0.299. The van der Waals surface area contributed by atoms with Crippen LogP contribution in [-0.2, 0) is 14.3 Å². The highest BCUT2D eigenvalue weighted by molar-refractivity contribution is 5.75. The highest BCUT2D eigenvalue weighted by Gasteiger charge is 2.29. The van der Waals surface area contributed by atoms with Gasteiger partial charge in [0.25, 0.3) is 0 Å². The monoisotopic (exact) mass is 316 g/mol. The third-order valence-electron chi connectivity index (χ3n) is 3.00. The van der Waals surface area contributed by atoms with E-state index in [0.29, 0.717) is 13.2 Å². The van der Waals surface area contributed by atoms with Crippen LogP contribution < -0.4 is 10.6 Å². The fourth-order valence-corrected chi connectivity index (χ4v) is 1.67. The number of carbonyl (C=O) groups excluding carboxylic acids is 2. The quantitative estimate of drug-likeness (QED) is 0.736. The number of hydrogen-bond acceptors (Lipinski definition) is 5. The van der Waals surface area contributed by atoms with Gasteiger partial charge in [0.05, 0.1) is 6.61 Å². The summed E-state index contributed by atoms with van der Waals surface area (Å²) in [7, 11) is 0.